The van der Waals surface area contributed by atoms with Crippen LogP contribution >= 0.6 is 0 Å². The molecule has 0 aromatic carbocycles. The van der Waals surface area contributed by atoms with Crippen LogP contribution in [0.2, 0.25) is 0 Å². The van der Waals surface area contributed by atoms with Gasteiger partial charge in [0.25, 0.3) is 0 Å². The van der Waals surface area contributed by atoms with Gasteiger partial charge in [-0.3, -0.25) is 5.73 Å². The predicted octanol–water partition coefficient (Wildman–Crippen LogP) is -1.04. The van der Waals surface area contributed by atoms with Crippen molar-refractivity contribution in [2.75, 3.05) is 26.9 Å². The van der Waals surface area contributed by atoms with Crippen LogP contribution in [0.15, 0.2) is 0 Å². The van der Waals surface area contributed by atoms with Gasteiger partial charge in [0.15, 0.2) is 0 Å². The number of aliphatic hydroxyl groups excluding tert-OH is 1. The molecule has 0 aromatic rings. The smallest absolute Gasteiger partial charge is 0.410 e. The number of nitrogens with zero attached hydrogens (tertiary/aromatic N) is 1. The van der Waals surface area contributed by atoms with E-state index in [1.54, 1.807) is 0 Å². The molecule has 0 saturated carbocycles. The minimum Gasteiger partial charge on any atom is -0.434 e. The Balaban J connectivity index is 3.49. The fourth-order valence-corrected chi connectivity index (χ4v) is 0.423. The van der Waals surface area contributed by atoms with E-state index in [4.69, 9.17) is 10.8 Å². The second kappa shape index (κ2) is 5.01. The lowest BCUT2D eigenvalue weighted by Gasteiger charge is -2.13. The summed E-state index contributed by atoms with van der Waals surface area (Å²) in [7, 11) is 1.52. The molecule has 60 valence electrons. The Morgan fingerprint density at radius 2 is 2.40 bits per heavy atom. The third-order valence-corrected chi connectivity index (χ3v) is 0.954. The summed E-state index contributed by atoms with van der Waals surface area (Å²) in [5, 5.41) is 8.37. The van der Waals surface area contributed by atoms with E-state index in [0.717, 1.165) is 0 Å². The maximum absolute atomic E-state index is 10.6. The summed E-state index contributed by atoms with van der Waals surface area (Å²) in [4.78, 5) is 11.9. The van der Waals surface area contributed by atoms with Crippen LogP contribution in [-0.4, -0.2) is 43.0 Å². The third kappa shape index (κ3) is 3.26. The van der Waals surface area contributed by atoms with Crippen molar-refractivity contribution < 1.29 is 14.6 Å². The minimum atomic E-state index is -0.517. The fraction of sp³-hybridized carbons (Fsp3) is 0.800. The summed E-state index contributed by atoms with van der Waals surface area (Å²) in [6.45, 7) is 0.0591. The van der Waals surface area contributed by atoms with Crippen LogP contribution in [0.4, 0.5) is 4.79 Å². The predicted molar refractivity (Wildman–Crippen MR) is 35.3 cm³/mol. The molecule has 0 atom stereocenters. The molecule has 0 aliphatic heterocycles. The molecule has 0 aliphatic carbocycles. The molecule has 0 radical (unpaired) electrons. The number of likely N-dealkylation sites (N-methyl/N-ethyl adjacent to an activating group) is 1. The van der Waals surface area contributed by atoms with Crippen molar-refractivity contribution in [3.63, 3.8) is 0 Å². The van der Waals surface area contributed by atoms with Gasteiger partial charge in [0.05, 0.1) is 6.61 Å². The lowest BCUT2D eigenvalue weighted by atomic mass is 10.6. The number of carbonyl (C=O) groups excluding carboxylic acids is 1. The summed E-state index contributed by atoms with van der Waals surface area (Å²) in [6.07, 6.45) is -0.517. The zero-order valence-corrected chi connectivity index (χ0v) is 5.91. The van der Waals surface area contributed by atoms with Gasteiger partial charge >= 0.3 is 6.09 Å². The first-order valence-electron chi connectivity index (χ1n) is 2.91. The van der Waals surface area contributed by atoms with E-state index in [9.17, 15) is 4.79 Å². The number of hydrogen-bond acceptors (Lipinski definition) is 4. The molecule has 0 spiro atoms. The molecule has 10 heavy (non-hydrogen) atoms. The van der Waals surface area contributed by atoms with Crippen molar-refractivity contribution in [3.05, 3.63) is 0 Å². The van der Waals surface area contributed by atoms with Crippen LogP contribution in [0.1, 0.15) is 0 Å². The van der Waals surface area contributed by atoms with Crippen LogP contribution in [0.25, 0.3) is 0 Å². The van der Waals surface area contributed by atoms with Crippen molar-refractivity contribution in [1.82, 2.24) is 4.90 Å². The van der Waals surface area contributed by atoms with E-state index in [1.807, 2.05) is 0 Å². The van der Waals surface area contributed by atoms with Crippen molar-refractivity contribution >= 4 is 6.09 Å². The standard InChI is InChI=1S/C5H12N2O3/c1-7(2-3-8)5(9)10-4-6/h8H,2-4,6H2,1H3. The van der Waals surface area contributed by atoms with Crippen LogP contribution in [0.3, 0.4) is 0 Å². The second-order valence-electron chi connectivity index (χ2n) is 1.72. The summed E-state index contributed by atoms with van der Waals surface area (Å²) in [6, 6.07) is 0. The van der Waals surface area contributed by atoms with Gasteiger partial charge in [0, 0.05) is 13.6 Å². The first-order chi connectivity index (χ1) is 4.72. The van der Waals surface area contributed by atoms with Crippen LogP contribution in [-0.2, 0) is 4.74 Å². The van der Waals surface area contributed by atoms with Crippen molar-refractivity contribution in [3.8, 4) is 0 Å². The molecular formula is C5H12N2O3. The minimum absolute atomic E-state index is 0.0732. The van der Waals surface area contributed by atoms with E-state index < -0.39 is 6.09 Å². The number of nitrogens with two attached hydrogens (primary N) is 1. The quantitative estimate of drug-likeness (QED) is 0.501. The lowest BCUT2D eigenvalue weighted by molar-refractivity contribution is 0.106. The van der Waals surface area contributed by atoms with Crippen LogP contribution < -0.4 is 5.73 Å². The molecule has 0 aromatic heterocycles. The average molecular weight is 148 g/mol. The van der Waals surface area contributed by atoms with E-state index >= 15 is 0 Å². The van der Waals surface area contributed by atoms with E-state index in [-0.39, 0.29) is 19.9 Å². The highest BCUT2D eigenvalue weighted by molar-refractivity contribution is 5.67. The Morgan fingerprint density at radius 3 is 2.80 bits per heavy atom. The van der Waals surface area contributed by atoms with E-state index in [0.29, 0.717) is 0 Å². The van der Waals surface area contributed by atoms with Gasteiger partial charge in [-0.1, -0.05) is 0 Å². The Labute approximate surface area is 59.4 Å². The van der Waals surface area contributed by atoms with E-state index in [2.05, 4.69) is 4.74 Å². The number of rotatable bonds is 3. The molecule has 5 nitrogen and oxygen atoms in total. The van der Waals surface area contributed by atoms with Gasteiger partial charge in [-0.15, -0.1) is 0 Å². The van der Waals surface area contributed by atoms with Crippen molar-refractivity contribution in [2.24, 2.45) is 5.73 Å². The Kier molecular flexibility index (Phi) is 4.61. The summed E-state index contributed by atoms with van der Waals surface area (Å²) < 4.78 is 4.41. The first kappa shape index (κ1) is 9.19. The van der Waals surface area contributed by atoms with Crippen LogP contribution in [0.5, 0.6) is 0 Å². The van der Waals surface area contributed by atoms with Gasteiger partial charge in [-0.25, -0.2) is 4.79 Å². The lowest BCUT2D eigenvalue weighted by Crippen LogP contribution is -2.31. The summed E-state index contributed by atoms with van der Waals surface area (Å²) in [5.41, 5.74) is 4.93. The molecule has 0 fully saturated rings. The molecule has 0 rings (SSSR count). The maximum atomic E-state index is 10.6. The average Bonchev–Trinajstić information content (AvgIpc) is 1.89. The molecule has 1 amide bonds. The number of carbonyl (C=O) groups is 1. The highest BCUT2D eigenvalue weighted by atomic mass is 16.6. The molecule has 0 aliphatic rings. The second-order valence-corrected chi connectivity index (χ2v) is 1.72. The Bertz CT molecular complexity index is 107. The molecule has 0 saturated heterocycles. The molecule has 0 heterocycles. The zero-order valence-electron chi connectivity index (χ0n) is 5.91. The molecule has 5 heteroatoms. The number of amides is 1. The topological polar surface area (TPSA) is 75.8 Å². The van der Waals surface area contributed by atoms with Gasteiger partial charge in [0.2, 0.25) is 0 Å². The third-order valence-electron chi connectivity index (χ3n) is 0.954. The zero-order chi connectivity index (χ0) is 7.98. The van der Waals surface area contributed by atoms with Crippen molar-refractivity contribution in [1.29, 1.82) is 0 Å². The number of aliphatic hydroxyl groups is 1. The highest BCUT2D eigenvalue weighted by Crippen LogP contribution is 1.86. The van der Waals surface area contributed by atoms with Crippen LogP contribution in [0, 0.1) is 0 Å². The molecule has 0 unspecified atom stereocenters. The summed E-state index contributed by atoms with van der Waals surface area (Å²) in [5.74, 6) is 0. The first-order valence-corrected chi connectivity index (χ1v) is 2.91. The fourth-order valence-electron chi connectivity index (χ4n) is 0.423. The summed E-state index contributed by atoms with van der Waals surface area (Å²) >= 11 is 0. The SMILES string of the molecule is CN(CCO)C(=O)OCN. The Morgan fingerprint density at radius 1 is 1.80 bits per heavy atom. The van der Waals surface area contributed by atoms with Gasteiger partial charge in [-0.05, 0) is 0 Å². The normalized spacial score (nSPS) is 9.10. The van der Waals surface area contributed by atoms with Gasteiger partial charge in [-0.2, -0.15) is 0 Å². The maximum Gasteiger partial charge on any atom is 0.410 e. The number of hydrogen-bond donors (Lipinski definition) is 2. The molecule has 0 bridgehead atoms. The number of ether oxygens (including phenoxy) is 1. The largest absolute Gasteiger partial charge is 0.434 e. The van der Waals surface area contributed by atoms with Crippen molar-refractivity contribution in [2.45, 2.75) is 0 Å². The molecule has 3 N–H and O–H groups in total. The Hall–Kier alpha value is -0.810. The van der Waals surface area contributed by atoms with Gasteiger partial charge in [0.1, 0.15) is 6.73 Å². The monoisotopic (exact) mass is 148 g/mol. The highest BCUT2D eigenvalue weighted by Gasteiger charge is 2.06. The molecular weight excluding hydrogens is 136 g/mol. The van der Waals surface area contributed by atoms with Gasteiger partial charge < -0.3 is 14.7 Å². The van der Waals surface area contributed by atoms with E-state index in [1.165, 1.54) is 11.9 Å².